The lowest BCUT2D eigenvalue weighted by Gasteiger charge is -2.23. The lowest BCUT2D eigenvalue weighted by atomic mass is 9.90. The van der Waals surface area contributed by atoms with Gasteiger partial charge in [0.1, 0.15) is 11.2 Å². The number of nitrogens with one attached hydrogen (secondary N) is 2. The molecule has 6 heteroatoms. The minimum atomic E-state index is -1.26. The summed E-state index contributed by atoms with van der Waals surface area (Å²) in [5.41, 5.74) is 0.0432. The number of amides is 2. The van der Waals surface area contributed by atoms with E-state index in [1.54, 1.807) is 45.2 Å². The smallest absolute Gasteiger partial charge is 0.239 e. The normalized spacial score (nSPS) is 10.9. The van der Waals surface area contributed by atoms with Crippen molar-refractivity contribution in [3.8, 4) is 5.75 Å². The molecule has 0 saturated heterocycles. The second kappa shape index (κ2) is 8.03. The van der Waals surface area contributed by atoms with Crippen molar-refractivity contribution >= 4 is 29.1 Å². The van der Waals surface area contributed by atoms with E-state index in [1.165, 1.54) is 0 Å². The first-order valence-corrected chi connectivity index (χ1v) is 8.20. The Morgan fingerprint density at radius 2 is 1.68 bits per heavy atom. The maximum absolute atomic E-state index is 12.5. The molecule has 0 bridgehead atoms. The average Bonchev–Trinajstić information content (AvgIpc) is 2.61. The molecule has 0 aromatic heterocycles. The third kappa shape index (κ3) is 4.51. The first-order chi connectivity index (χ1) is 11.9. The first kappa shape index (κ1) is 18.8. The van der Waals surface area contributed by atoms with Crippen molar-refractivity contribution in [2.75, 3.05) is 12.4 Å². The minimum Gasteiger partial charge on any atom is -0.496 e. The van der Waals surface area contributed by atoms with Crippen molar-refractivity contribution in [2.24, 2.45) is 5.41 Å². The lowest BCUT2D eigenvalue weighted by molar-refractivity contribution is -0.138. The Morgan fingerprint density at radius 3 is 2.36 bits per heavy atom. The largest absolute Gasteiger partial charge is 0.496 e. The van der Waals surface area contributed by atoms with Crippen LogP contribution in [-0.4, -0.2) is 18.9 Å². The molecule has 0 aliphatic rings. The molecule has 2 N–H and O–H groups in total. The fourth-order valence-electron chi connectivity index (χ4n) is 2.19. The molecule has 0 unspecified atom stereocenters. The summed E-state index contributed by atoms with van der Waals surface area (Å²) in [6.45, 7) is 3.40. The monoisotopic (exact) mass is 360 g/mol. The van der Waals surface area contributed by atoms with Gasteiger partial charge in [-0.15, -0.1) is 0 Å². The van der Waals surface area contributed by atoms with Crippen LogP contribution in [0.15, 0.2) is 48.5 Å². The average molecular weight is 361 g/mol. The highest BCUT2D eigenvalue weighted by molar-refractivity contribution is 6.33. The molecule has 2 amide bonds. The molecule has 25 heavy (non-hydrogen) atoms. The van der Waals surface area contributed by atoms with E-state index in [4.69, 9.17) is 16.3 Å². The zero-order valence-corrected chi connectivity index (χ0v) is 15.2. The van der Waals surface area contributed by atoms with Gasteiger partial charge in [-0.3, -0.25) is 9.59 Å². The first-order valence-electron chi connectivity index (χ1n) is 7.82. The number of hydrogen-bond acceptors (Lipinski definition) is 3. The van der Waals surface area contributed by atoms with Crippen LogP contribution in [0.3, 0.4) is 0 Å². The van der Waals surface area contributed by atoms with E-state index in [9.17, 15) is 9.59 Å². The number of para-hydroxylation sites is 2. The van der Waals surface area contributed by atoms with Crippen LogP contribution in [0.1, 0.15) is 19.4 Å². The van der Waals surface area contributed by atoms with E-state index < -0.39 is 11.3 Å². The van der Waals surface area contributed by atoms with Crippen LogP contribution in [0.5, 0.6) is 5.75 Å². The molecule has 0 fully saturated rings. The molecule has 0 aliphatic heterocycles. The highest BCUT2D eigenvalue weighted by Crippen LogP contribution is 2.25. The fraction of sp³-hybridized carbons (Fsp3) is 0.263. The lowest BCUT2D eigenvalue weighted by Crippen LogP contribution is -2.44. The van der Waals surface area contributed by atoms with Crippen molar-refractivity contribution in [2.45, 2.75) is 20.4 Å². The number of methoxy groups -OCH3 is 1. The minimum absolute atomic E-state index is 0.269. The Balaban J connectivity index is 2.04. The summed E-state index contributed by atoms with van der Waals surface area (Å²) < 4.78 is 5.26. The number of anilines is 1. The Labute approximate surface area is 152 Å². The topological polar surface area (TPSA) is 67.4 Å². The summed E-state index contributed by atoms with van der Waals surface area (Å²) in [7, 11) is 1.57. The molecular weight excluding hydrogens is 340 g/mol. The van der Waals surface area contributed by atoms with Gasteiger partial charge in [0.2, 0.25) is 11.8 Å². The third-order valence-electron chi connectivity index (χ3n) is 3.89. The molecule has 0 radical (unpaired) electrons. The molecule has 0 aliphatic carbocycles. The van der Waals surface area contributed by atoms with E-state index in [0.29, 0.717) is 16.5 Å². The van der Waals surface area contributed by atoms with E-state index >= 15 is 0 Å². The van der Waals surface area contributed by atoms with Crippen LogP contribution in [-0.2, 0) is 16.1 Å². The van der Waals surface area contributed by atoms with Gasteiger partial charge in [0.15, 0.2) is 0 Å². The van der Waals surface area contributed by atoms with Crippen molar-refractivity contribution in [3.63, 3.8) is 0 Å². The van der Waals surface area contributed by atoms with Gasteiger partial charge in [-0.05, 0) is 32.0 Å². The van der Waals surface area contributed by atoms with Crippen molar-refractivity contribution in [3.05, 3.63) is 59.1 Å². The van der Waals surface area contributed by atoms with Crippen LogP contribution in [0.4, 0.5) is 5.69 Å². The van der Waals surface area contributed by atoms with Gasteiger partial charge in [-0.2, -0.15) is 0 Å². The number of rotatable bonds is 6. The zero-order valence-electron chi connectivity index (χ0n) is 14.4. The molecule has 2 aromatic carbocycles. The highest BCUT2D eigenvalue weighted by atomic mass is 35.5. The molecule has 132 valence electrons. The highest BCUT2D eigenvalue weighted by Gasteiger charge is 2.36. The Morgan fingerprint density at radius 1 is 1.04 bits per heavy atom. The molecule has 0 saturated carbocycles. The number of benzene rings is 2. The molecule has 0 spiro atoms. The van der Waals surface area contributed by atoms with Crippen LogP contribution >= 0.6 is 11.6 Å². The van der Waals surface area contributed by atoms with E-state index in [0.717, 1.165) is 5.56 Å². The maximum atomic E-state index is 12.5. The third-order valence-corrected chi connectivity index (χ3v) is 4.22. The van der Waals surface area contributed by atoms with Gasteiger partial charge in [-0.1, -0.05) is 41.9 Å². The number of ether oxygens (including phenoxy) is 1. The Kier molecular flexibility index (Phi) is 6.04. The van der Waals surface area contributed by atoms with Crippen LogP contribution in [0.2, 0.25) is 5.02 Å². The van der Waals surface area contributed by atoms with Gasteiger partial charge in [0.05, 0.1) is 17.8 Å². The second-order valence-electron chi connectivity index (χ2n) is 6.05. The summed E-state index contributed by atoms with van der Waals surface area (Å²) in [5, 5.41) is 5.90. The van der Waals surface area contributed by atoms with E-state index in [-0.39, 0.29) is 12.5 Å². The van der Waals surface area contributed by atoms with E-state index in [2.05, 4.69) is 10.6 Å². The van der Waals surface area contributed by atoms with Crippen molar-refractivity contribution in [1.29, 1.82) is 0 Å². The van der Waals surface area contributed by atoms with Gasteiger partial charge < -0.3 is 15.4 Å². The van der Waals surface area contributed by atoms with Gasteiger partial charge in [-0.25, -0.2) is 0 Å². The van der Waals surface area contributed by atoms with Crippen molar-refractivity contribution < 1.29 is 14.3 Å². The Hall–Kier alpha value is -2.53. The maximum Gasteiger partial charge on any atom is 0.239 e. The SMILES string of the molecule is COc1ccccc1CNC(=O)C(C)(C)C(=O)Nc1ccccc1Cl. The van der Waals surface area contributed by atoms with Crippen LogP contribution in [0.25, 0.3) is 0 Å². The molecule has 2 aromatic rings. The second-order valence-corrected chi connectivity index (χ2v) is 6.46. The summed E-state index contributed by atoms with van der Waals surface area (Å²) in [4.78, 5) is 25.0. The summed E-state index contributed by atoms with van der Waals surface area (Å²) in [6.07, 6.45) is 0. The van der Waals surface area contributed by atoms with Gasteiger partial charge in [0, 0.05) is 12.1 Å². The van der Waals surface area contributed by atoms with Gasteiger partial charge >= 0.3 is 0 Å². The number of carbonyl (C=O) groups excluding carboxylic acids is 2. The van der Waals surface area contributed by atoms with Crippen LogP contribution in [0, 0.1) is 5.41 Å². The quantitative estimate of drug-likeness (QED) is 0.773. The summed E-state index contributed by atoms with van der Waals surface area (Å²) in [6, 6.07) is 14.3. The summed E-state index contributed by atoms with van der Waals surface area (Å²) >= 11 is 6.04. The molecular formula is C19H21ClN2O3. The number of halogens is 1. The van der Waals surface area contributed by atoms with Crippen LogP contribution < -0.4 is 15.4 Å². The fourth-order valence-corrected chi connectivity index (χ4v) is 2.37. The predicted molar refractivity (Wildman–Crippen MR) is 98.7 cm³/mol. The Bertz CT molecular complexity index is 775. The predicted octanol–water partition coefficient (Wildman–Crippen LogP) is 3.63. The molecule has 5 nitrogen and oxygen atoms in total. The number of carbonyl (C=O) groups is 2. The molecule has 0 atom stereocenters. The summed E-state index contributed by atoms with van der Waals surface area (Å²) in [5.74, 6) is -0.137. The van der Waals surface area contributed by atoms with Crippen molar-refractivity contribution in [1.82, 2.24) is 5.32 Å². The van der Waals surface area contributed by atoms with Gasteiger partial charge in [0.25, 0.3) is 0 Å². The van der Waals surface area contributed by atoms with E-state index in [1.807, 2.05) is 24.3 Å². The number of hydrogen-bond donors (Lipinski definition) is 2. The molecule has 0 heterocycles. The standard InChI is InChI=1S/C19H21ClN2O3/c1-19(2,18(24)22-15-10-6-5-9-14(15)20)17(23)21-12-13-8-4-7-11-16(13)25-3/h4-11H,12H2,1-3H3,(H,21,23)(H,22,24). The zero-order chi connectivity index (χ0) is 18.4. The molecule has 2 rings (SSSR count).